The maximum Gasteiger partial charge on any atom is 0.321 e. The van der Waals surface area contributed by atoms with Crippen molar-refractivity contribution in [3.8, 4) is 5.75 Å². The number of fused-ring (bicyclic) bond motifs is 1. The number of phenolic OH excluding ortho intramolecular Hbond substituents is 1. The summed E-state index contributed by atoms with van der Waals surface area (Å²) in [6.45, 7) is 2.84. The quantitative estimate of drug-likeness (QED) is 0.686. The molecule has 0 aliphatic rings. The number of aromatic nitrogens is 2. The van der Waals surface area contributed by atoms with E-state index in [2.05, 4.69) is 16.8 Å². The summed E-state index contributed by atoms with van der Waals surface area (Å²) < 4.78 is 2.20. The highest BCUT2D eigenvalue weighted by atomic mass is 16.3. The third-order valence-corrected chi connectivity index (χ3v) is 4.52. The van der Waals surface area contributed by atoms with Crippen molar-refractivity contribution in [2.75, 3.05) is 19.4 Å². The number of unbranched alkanes of at least 4 members (excludes halogenated alkanes) is 1. The maximum absolute atomic E-state index is 12.0. The molecule has 6 nitrogen and oxygen atoms in total. The van der Waals surface area contributed by atoms with E-state index in [1.807, 2.05) is 30.3 Å². The first-order valence-electron chi connectivity index (χ1n) is 9.23. The molecule has 0 fully saturated rings. The van der Waals surface area contributed by atoms with Crippen LogP contribution >= 0.6 is 0 Å². The van der Waals surface area contributed by atoms with Gasteiger partial charge in [-0.2, -0.15) is 0 Å². The number of aryl methyl sites for hydroxylation is 1. The fraction of sp³-hybridized carbons (Fsp3) is 0.333. The second-order valence-corrected chi connectivity index (χ2v) is 6.91. The van der Waals surface area contributed by atoms with Crippen LogP contribution in [0.5, 0.6) is 5.75 Å². The molecule has 0 bridgehead atoms. The number of nitrogens with zero attached hydrogens (tertiary/aromatic N) is 3. The molecule has 0 saturated heterocycles. The van der Waals surface area contributed by atoms with Crippen LogP contribution in [0, 0.1) is 0 Å². The molecule has 2 N–H and O–H groups in total. The molecule has 0 aliphatic carbocycles. The third kappa shape index (κ3) is 4.39. The van der Waals surface area contributed by atoms with Gasteiger partial charge in [0.1, 0.15) is 11.6 Å². The fourth-order valence-corrected chi connectivity index (χ4v) is 2.97. The molecule has 0 aliphatic heterocycles. The van der Waals surface area contributed by atoms with Gasteiger partial charge in [0.25, 0.3) is 0 Å². The number of urea groups is 1. The first-order valence-corrected chi connectivity index (χ1v) is 9.23. The van der Waals surface area contributed by atoms with Crippen LogP contribution in [0.2, 0.25) is 0 Å². The van der Waals surface area contributed by atoms with Crippen molar-refractivity contribution in [2.45, 2.75) is 32.7 Å². The Bertz CT molecular complexity index is 929. The van der Waals surface area contributed by atoms with Crippen molar-refractivity contribution in [3.63, 3.8) is 0 Å². The molecule has 0 atom stereocenters. The Hall–Kier alpha value is -3.02. The zero-order chi connectivity index (χ0) is 19.4. The Balaban J connectivity index is 1.99. The molecule has 6 heteroatoms. The molecule has 27 heavy (non-hydrogen) atoms. The lowest BCUT2D eigenvalue weighted by atomic mass is 10.2. The first-order chi connectivity index (χ1) is 13.0. The van der Waals surface area contributed by atoms with Crippen LogP contribution in [0.1, 0.15) is 31.2 Å². The third-order valence-electron chi connectivity index (χ3n) is 4.52. The number of carbonyl (C=O) groups excluding carboxylic acids is 1. The molecule has 1 aromatic heterocycles. The van der Waals surface area contributed by atoms with Gasteiger partial charge in [-0.25, -0.2) is 9.78 Å². The molecule has 0 spiro atoms. The van der Waals surface area contributed by atoms with Gasteiger partial charge in [-0.15, -0.1) is 0 Å². The van der Waals surface area contributed by atoms with Crippen molar-refractivity contribution in [1.82, 2.24) is 14.5 Å². The van der Waals surface area contributed by atoms with Gasteiger partial charge >= 0.3 is 6.03 Å². The van der Waals surface area contributed by atoms with Crippen molar-refractivity contribution >= 4 is 22.8 Å². The predicted octanol–water partition coefficient (Wildman–Crippen LogP) is 4.23. The van der Waals surface area contributed by atoms with Crippen LogP contribution < -0.4 is 5.32 Å². The van der Waals surface area contributed by atoms with Gasteiger partial charge in [-0.1, -0.05) is 25.5 Å². The molecular weight excluding hydrogens is 340 g/mol. The Morgan fingerprint density at radius 3 is 2.59 bits per heavy atom. The Morgan fingerprint density at radius 2 is 1.93 bits per heavy atom. The Labute approximate surface area is 159 Å². The zero-order valence-electron chi connectivity index (χ0n) is 16.1. The van der Waals surface area contributed by atoms with Crippen LogP contribution in [0.25, 0.3) is 11.0 Å². The van der Waals surface area contributed by atoms with Crippen molar-refractivity contribution in [2.24, 2.45) is 0 Å². The summed E-state index contributed by atoms with van der Waals surface area (Å²) in [5, 5.41) is 12.4. The number of rotatable bonds is 6. The van der Waals surface area contributed by atoms with Gasteiger partial charge < -0.3 is 19.9 Å². The highest BCUT2D eigenvalue weighted by Gasteiger charge is 2.13. The molecule has 0 unspecified atom stereocenters. The number of carbonyl (C=O) groups is 1. The topological polar surface area (TPSA) is 70.4 Å². The standard InChI is InChI=1S/C21H26N4O2/c1-4-5-6-20-23-18-12-9-16(22-21(27)24(2)3)13-19(18)25(20)14-15-7-10-17(26)11-8-15/h7-13,26H,4-6,14H2,1-3H3,(H,22,27). The number of nitrogens with one attached hydrogen (secondary N) is 1. The smallest absolute Gasteiger partial charge is 0.321 e. The van der Waals surface area contributed by atoms with Gasteiger partial charge in [0.15, 0.2) is 0 Å². The van der Waals surface area contributed by atoms with E-state index >= 15 is 0 Å². The van der Waals surface area contributed by atoms with Crippen LogP contribution in [-0.2, 0) is 13.0 Å². The summed E-state index contributed by atoms with van der Waals surface area (Å²) in [6, 6.07) is 12.9. The number of aromatic hydroxyl groups is 1. The highest BCUT2D eigenvalue weighted by Crippen LogP contribution is 2.24. The van der Waals surface area contributed by atoms with E-state index < -0.39 is 0 Å². The van der Waals surface area contributed by atoms with E-state index in [1.165, 1.54) is 4.90 Å². The molecule has 3 aromatic rings. The van der Waals surface area contributed by atoms with Gasteiger partial charge in [-0.3, -0.25) is 0 Å². The summed E-state index contributed by atoms with van der Waals surface area (Å²) in [6.07, 6.45) is 3.08. The number of imidazole rings is 1. The van der Waals surface area contributed by atoms with Crippen LogP contribution in [0.4, 0.5) is 10.5 Å². The second kappa shape index (κ2) is 8.12. The van der Waals surface area contributed by atoms with Crippen LogP contribution in [0.15, 0.2) is 42.5 Å². The van der Waals surface area contributed by atoms with Crippen molar-refractivity contribution in [1.29, 1.82) is 0 Å². The van der Waals surface area contributed by atoms with Crippen molar-refractivity contribution < 1.29 is 9.90 Å². The normalized spacial score (nSPS) is 10.9. The molecule has 0 radical (unpaired) electrons. The fourth-order valence-electron chi connectivity index (χ4n) is 2.97. The minimum absolute atomic E-state index is 0.162. The average Bonchev–Trinajstić information content (AvgIpc) is 2.98. The summed E-state index contributed by atoms with van der Waals surface area (Å²) in [4.78, 5) is 18.3. The van der Waals surface area contributed by atoms with E-state index in [0.717, 1.165) is 47.4 Å². The van der Waals surface area contributed by atoms with E-state index in [1.54, 1.807) is 26.2 Å². The van der Waals surface area contributed by atoms with Crippen molar-refractivity contribution in [3.05, 3.63) is 53.9 Å². The number of amides is 2. The monoisotopic (exact) mass is 366 g/mol. The van der Waals surface area contributed by atoms with Crippen LogP contribution in [-0.4, -0.2) is 39.7 Å². The molecular formula is C21H26N4O2. The predicted molar refractivity (Wildman–Crippen MR) is 108 cm³/mol. The minimum atomic E-state index is -0.162. The number of hydrogen-bond donors (Lipinski definition) is 2. The minimum Gasteiger partial charge on any atom is -0.508 e. The largest absolute Gasteiger partial charge is 0.508 e. The lowest BCUT2D eigenvalue weighted by Gasteiger charge is -2.13. The first kappa shape index (κ1) is 18.8. The Morgan fingerprint density at radius 1 is 1.19 bits per heavy atom. The summed E-state index contributed by atoms with van der Waals surface area (Å²) in [5.74, 6) is 1.30. The molecule has 2 amide bonds. The second-order valence-electron chi connectivity index (χ2n) is 6.91. The number of phenols is 1. The lowest BCUT2D eigenvalue weighted by Crippen LogP contribution is -2.27. The highest BCUT2D eigenvalue weighted by molar-refractivity contribution is 5.91. The molecule has 3 rings (SSSR count). The molecule has 2 aromatic carbocycles. The number of benzene rings is 2. The molecule has 0 saturated carbocycles. The summed E-state index contributed by atoms with van der Waals surface area (Å²) >= 11 is 0. The Kier molecular flexibility index (Phi) is 5.64. The number of anilines is 1. The van der Waals surface area contributed by atoms with E-state index in [9.17, 15) is 9.90 Å². The van der Waals surface area contributed by atoms with Gasteiger partial charge in [0.05, 0.1) is 11.0 Å². The lowest BCUT2D eigenvalue weighted by molar-refractivity contribution is 0.230. The molecule has 1 heterocycles. The summed E-state index contributed by atoms with van der Waals surface area (Å²) in [7, 11) is 3.43. The maximum atomic E-state index is 12.0. The SMILES string of the molecule is CCCCc1nc2ccc(NC(=O)N(C)C)cc2n1Cc1ccc(O)cc1. The van der Waals surface area contributed by atoms with E-state index in [-0.39, 0.29) is 11.8 Å². The van der Waals surface area contributed by atoms with Gasteiger partial charge in [0.2, 0.25) is 0 Å². The summed E-state index contributed by atoms with van der Waals surface area (Å²) in [5.41, 5.74) is 3.75. The molecule has 142 valence electrons. The number of hydrogen-bond acceptors (Lipinski definition) is 3. The average molecular weight is 366 g/mol. The van der Waals surface area contributed by atoms with Crippen LogP contribution in [0.3, 0.4) is 0 Å². The van der Waals surface area contributed by atoms with Gasteiger partial charge in [-0.05, 0) is 42.3 Å². The van der Waals surface area contributed by atoms with E-state index in [0.29, 0.717) is 6.54 Å². The van der Waals surface area contributed by atoms with E-state index in [4.69, 9.17) is 4.98 Å². The zero-order valence-corrected chi connectivity index (χ0v) is 16.1. The van der Waals surface area contributed by atoms with Gasteiger partial charge in [0, 0.05) is 32.7 Å².